The number of hydrogen-bond donors (Lipinski definition) is 1. The fourth-order valence-electron chi connectivity index (χ4n) is 1.61. The molecule has 0 unspecified atom stereocenters. The molecule has 7 heteroatoms. The van der Waals surface area contributed by atoms with E-state index in [2.05, 4.69) is 15.3 Å². The molecule has 0 saturated carbocycles. The molecule has 0 aliphatic heterocycles. The van der Waals surface area contributed by atoms with Gasteiger partial charge in [-0.1, -0.05) is 6.07 Å². The van der Waals surface area contributed by atoms with Crippen molar-refractivity contribution in [2.45, 2.75) is 6.54 Å². The molecule has 2 heterocycles. The van der Waals surface area contributed by atoms with E-state index in [1.807, 2.05) is 6.07 Å². The van der Waals surface area contributed by atoms with E-state index in [1.54, 1.807) is 18.3 Å². The van der Waals surface area contributed by atoms with E-state index in [4.69, 9.17) is 4.74 Å². The van der Waals surface area contributed by atoms with Crippen molar-refractivity contribution in [2.24, 2.45) is 0 Å². The Morgan fingerprint density at radius 1 is 1.42 bits per heavy atom. The maximum Gasteiger partial charge on any atom is 0.310 e. The molecule has 0 saturated heterocycles. The van der Waals surface area contributed by atoms with E-state index in [1.165, 1.54) is 19.5 Å². The highest BCUT2D eigenvalue weighted by atomic mass is 16.6. The SMILES string of the molecule is COc1ncccc1CNc1ccncc1[N+](=O)[O-]. The van der Waals surface area contributed by atoms with Crippen LogP contribution in [-0.4, -0.2) is 22.0 Å². The first kappa shape index (κ1) is 12.7. The highest BCUT2D eigenvalue weighted by Gasteiger charge is 2.13. The Hall–Kier alpha value is -2.70. The van der Waals surface area contributed by atoms with Crippen LogP contribution in [0.5, 0.6) is 5.88 Å². The lowest BCUT2D eigenvalue weighted by molar-refractivity contribution is -0.384. The lowest BCUT2D eigenvalue weighted by Gasteiger charge is -2.09. The molecule has 7 nitrogen and oxygen atoms in total. The van der Waals surface area contributed by atoms with Gasteiger partial charge in [0, 0.05) is 24.5 Å². The standard InChI is InChI=1S/C12H12N4O3/c1-19-12-9(3-2-5-14-12)7-15-10-4-6-13-8-11(10)16(17)18/h2-6,8H,7H2,1H3,(H,13,15). The van der Waals surface area contributed by atoms with Gasteiger partial charge in [0.25, 0.3) is 0 Å². The summed E-state index contributed by atoms with van der Waals surface area (Å²) in [7, 11) is 1.53. The number of methoxy groups -OCH3 is 1. The third-order valence-corrected chi connectivity index (χ3v) is 2.51. The second-order valence-corrected chi connectivity index (χ2v) is 3.68. The van der Waals surface area contributed by atoms with Gasteiger partial charge < -0.3 is 10.1 Å². The molecule has 0 aliphatic carbocycles. The Morgan fingerprint density at radius 2 is 2.26 bits per heavy atom. The van der Waals surface area contributed by atoms with Gasteiger partial charge in [-0.25, -0.2) is 4.98 Å². The molecule has 2 aromatic rings. The Labute approximate surface area is 109 Å². The van der Waals surface area contributed by atoms with Crippen LogP contribution in [0.2, 0.25) is 0 Å². The smallest absolute Gasteiger partial charge is 0.310 e. The van der Waals surface area contributed by atoms with Crippen molar-refractivity contribution in [3.8, 4) is 5.88 Å². The third kappa shape index (κ3) is 2.95. The Morgan fingerprint density at radius 3 is 3.00 bits per heavy atom. The number of anilines is 1. The number of rotatable bonds is 5. The van der Waals surface area contributed by atoms with E-state index < -0.39 is 4.92 Å². The second kappa shape index (κ2) is 5.76. The fraction of sp³-hybridized carbons (Fsp3) is 0.167. The van der Waals surface area contributed by atoms with Crippen LogP contribution in [0.15, 0.2) is 36.8 Å². The predicted molar refractivity (Wildman–Crippen MR) is 69.0 cm³/mol. The number of nitrogens with one attached hydrogen (secondary N) is 1. The third-order valence-electron chi connectivity index (χ3n) is 2.51. The summed E-state index contributed by atoms with van der Waals surface area (Å²) in [4.78, 5) is 18.2. The molecule has 0 amide bonds. The van der Waals surface area contributed by atoms with Crippen LogP contribution in [0.25, 0.3) is 0 Å². The van der Waals surface area contributed by atoms with Crippen LogP contribution in [-0.2, 0) is 6.54 Å². The van der Waals surface area contributed by atoms with Crippen LogP contribution in [0.4, 0.5) is 11.4 Å². The van der Waals surface area contributed by atoms with Crippen molar-refractivity contribution in [1.82, 2.24) is 9.97 Å². The molecule has 0 aromatic carbocycles. The summed E-state index contributed by atoms with van der Waals surface area (Å²) in [5.41, 5.74) is 1.16. The van der Waals surface area contributed by atoms with Crippen molar-refractivity contribution in [3.63, 3.8) is 0 Å². The molecule has 2 rings (SSSR count). The molecule has 98 valence electrons. The summed E-state index contributed by atoms with van der Waals surface area (Å²) >= 11 is 0. The molecule has 0 aliphatic rings. The molecule has 0 atom stereocenters. The average Bonchev–Trinajstić information content (AvgIpc) is 2.45. The van der Waals surface area contributed by atoms with Crippen molar-refractivity contribution >= 4 is 11.4 Å². The average molecular weight is 260 g/mol. The highest BCUT2D eigenvalue weighted by Crippen LogP contribution is 2.23. The number of nitrogens with zero attached hydrogens (tertiary/aromatic N) is 3. The van der Waals surface area contributed by atoms with Crippen LogP contribution in [0.1, 0.15) is 5.56 Å². The van der Waals surface area contributed by atoms with Gasteiger partial charge in [-0.15, -0.1) is 0 Å². The number of pyridine rings is 2. The van der Waals surface area contributed by atoms with Crippen molar-refractivity contribution in [2.75, 3.05) is 12.4 Å². The van der Waals surface area contributed by atoms with Gasteiger partial charge in [0.15, 0.2) is 0 Å². The second-order valence-electron chi connectivity index (χ2n) is 3.68. The van der Waals surface area contributed by atoms with Crippen LogP contribution >= 0.6 is 0 Å². The Kier molecular flexibility index (Phi) is 3.87. The van der Waals surface area contributed by atoms with Gasteiger partial charge in [0.2, 0.25) is 5.88 Å². The van der Waals surface area contributed by atoms with Gasteiger partial charge in [-0.3, -0.25) is 15.1 Å². The minimum atomic E-state index is -0.476. The molecular formula is C12H12N4O3. The first-order chi connectivity index (χ1) is 9.22. The Balaban J connectivity index is 2.17. The highest BCUT2D eigenvalue weighted by molar-refractivity contribution is 5.59. The summed E-state index contributed by atoms with van der Waals surface area (Å²) in [6, 6.07) is 5.17. The lowest BCUT2D eigenvalue weighted by Crippen LogP contribution is -2.05. The molecule has 0 spiro atoms. The molecule has 2 aromatic heterocycles. The molecule has 0 radical (unpaired) electrons. The van der Waals surface area contributed by atoms with Crippen molar-refractivity contribution in [1.29, 1.82) is 0 Å². The normalized spacial score (nSPS) is 9.95. The van der Waals surface area contributed by atoms with E-state index in [0.717, 1.165) is 5.56 Å². The molecule has 0 fully saturated rings. The number of nitro groups is 1. The van der Waals surface area contributed by atoms with E-state index in [0.29, 0.717) is 18.1 Å². The summed E-state index contributed by atoms with van der Waals surface area (Å²) in [5, 5.41) is 13.8. The van der Waals surface area contributed by atoms with Gasteiger partial charge in [-0.2, -0.15) is 0 Å². The molecular weight excluding hydrogens is 248 g/mol. The van der Waals surface area contributed by atoms with Gasteiger partial charge in [0.1, 0.15) is 11.9 Å². The van der Waals surface area contributed by atoms with E-state index in [-0.39, 0.29) is 5.69 Å². The maximum atomic E-state index is 10.8. The zero-order chi connectivity index (χ0) is 13.7. The minimum Gasteiger partial charge on any atom is -0.481 e. The first-order valence-corrected chi connectivity index (χ1v) is 5.52. The van der Waals surface area contributed by atoms with Gasteiger partial charge >= 0.3 is 5.69 Å². The summed E-state index contributed by atoms with van der Waals surface area (Å²) < 4.78 is 5.11. The van der Waals surface area contributed by atoms with Gasteiger partial charge in [-0.05, 0) is 12.1 Å². The van der Waals surface area contributed by atoms with Gasteiger partial charge in [0.05, 0.1) is 12.0 Å². The molecule has 0 bridgehead atoms. The molecule has 19 heavy (non-hydrogen) atoms. The fourth-order valence-corrected chi connectivity index (χ4v) is 1.61. The predicted octanol–water partition coefficient (Wildman–Crippen LogP) is 2.01. The maximum absolute atomic E-state index is 10.8. The Bertz CT molecular complexity index is 589. The van der Waals surface area contributed by atoms with Crippen LogP contribution in [0.3, 0.4) is 0 Å². The number of aromatic nitrogens is 2. The van der Waals surface area contributed by atoms with Crippen LogP contribution < -0.4 is 10.1 Å². The van der Waals surface area contributed by atoms with E-state index in [9.17, 15) is 10.1 Å². The van der Waals surface area contributed by atoms with Crippen molar-refractivity contribution < 1.29 is 9.66 Å². The largest absolute Gasteiger partial charge is 0.481 e. The number of ether oxygens (including phenoxy) is 1. The summed E-state index contributed by atoms with van der Waals surface area (Å²) in [6.45, 7) is 0.377. The van der Waals surface area contributed by atoms with Crippen molar-refractivity contribution in [3.05, 3.63) is 52.5 Å². The monoisotopic (exact) mass is 260 g/mol. The summed E-state index contributed by atoms with van der Waals surface area (Å²) in [5.74, 6) is 0.492. The summed E-state index contributed by atoms with van der Waals surface area (Å²) in [6.07, 6.45) is 4.33. The minimum absolute atomic E-state index is 0.0645. The molecule has 1 N–H and O–H groups in total. The zero-order valence-electron chi connectivity index (χ0n) is 10.2. The quantitative estimate of drug-likeness (QED) is 0.653. The lowest BCUT2D eigenvalue weighted by atomic mass is 10.2. The van der Waals surface area contributed by atoms with Crippen LogP contribution in [0, 0.1) is 10.1 Å². The number of hydrogen-bond acceptors (Lipinski definition) is 6. The van der Waals surface area contributed by atoms with E-state index >= 15 is 0 Å². The first-order valence-electron chi connectivity index (χ1n) is 5.52. The zero-order valence-corrected chi connectivity index (χ0v) is 10.2. The topological polar surface area (TPSA) is 90.2 Å².